The molecule has 6 rings (SSSR count). The summed E-state index contributed by atoms with van der Waals surface area (Å²) in [5.41, 5.74) is 2.63. The maximum Gasteiger partial charge on any atom is 0.231 e. The van der Waals surface area contributed by atoms with E-state index in [9.17, 15) is 0 Å². The minimum Gasteiger partial charge on any atom is -0.454 e. The van der Waals surface area contributed by atoms with Crippen molar-refractivity contribution in [1.29, 1.82) is 0 Å². The first-order valence-corrected chi connectivity index (χ1v) is 7.51. The van der Waals surface area contributed by atoms with Gasteiger partial charge in [0.1, 0.15) is 0 Å². The van der Waals surface area contributed by atoms with Crippen LogP contribution in [0, 0.1) is 5.92 Å². The summed E-state index contributed by atoms with van der Waals surface area (Å²) in [5, 5.41) is 1.31. The van der Waals surface area contributed by atoms with Gasteiger partial charge in [0.05, 0.1) is 0 Å². The highest BCUT2D eigenvalue weighted by Crippen LogP contribution is 2.44. The third-order valence-electron chi connectivity index (χ3n) is 5.26. The fraction of sp³-hybridized carbons (Fsp3) is 0.500. The fourth-order valence-corrected chi connectivity index (χ4v) is 4.16. The summed E-state index contributed by atoms with van der Waals surface area (Å²) in [6, 6.07) is 4.23. The third kappa shape index (κ3) is 1.45. The van der Waals surface area contributed by atoms with Gasteiger partial charge in [0, 0.05) is 35.6 Å². The monoisotopic (exact) mass is 270 g/mol. The van der Waals surface area contributed by atoms with Gasteiger partial charge in [-0.3, -0.25) is 0 Å². The molecule has 20 heavy (non-hydrogen) atoms. The Kier molecular flexibility index (Phi) is 2.16. The molecule has 5 heterocycles. The normalized spacial score (nSPS) is 31.1. The van der Waals surface area contributed by atoms with Crippen LogP contribution in [0.1, 0.15) is 24.3 Å². The predicted molar refractivity (Wildman–Crippen MR) is 76.3 cm³/mol. The zero-order valence-electron chi connectivity index (χ0n) is 11.4. The molecule has 0 radical (unpaired) electrons. The summed E-state index contributed by atoms with van der Waals surface area (Å²) in [6.07, 6.45) is 4.90. The lowest BCUT2D eigenvalue weighted by Crippen LogP contribution is -2.46. The van der Waals surface area contributed by atoms with Crippen molar-refractivity contribution in [2.24, 2.45) is 5.92 Å². The number of aromatic amines is 1. The van der Waals surface area contributed by atoms with E-state index in [2.05, 4.69) is 28.2 Å². The molecule has 0 saturated carbocycles. The van der Waals surface area contributed by atoms with E-state index in [-0.39, 0.29) is 0 Å². The van der Waals surface area contributed by atoms with E-state index in [4.69, 9.17) is 9.47 Å². The van der Waals surface area contributed by atoms with E-state index in [0.29, 0.717) is 12.7 Å². The number of rotatable bonds is 1. The topological polar surface area (TPSA) is 37.5 Å². The van der Waals surface area contributed by atoms with Crippen molar-refractivity contribution < 1.29 is 9.47 Å². The second-order valence-electron chi connectivity index (χ2n) is 6.24. The Morgan fingerprint density at radius 1 is 1.10 bits per heavy atom. The van der Waals surface area contributed by atoms with Crippen LogP contribution in [0.15, 0.2) is 18.3 Å². The molecule has 1 unspecified atom stereocenters. The summed E-state index contributed by atoms with van der Waals surface area (Å²) < 4.78 is 11.0. The molecule has 104 valence electrons. The lowest BCUT2D eigenvalue weighted by Gasteiger charge is -2.44. The van der Waals surface area contributed by atoms with Crippen LogP contribution in [-0.2, 0) is 0 Å². The quantitative estimate of drug-likeness (QED) is 0.865. The molecule has 4 aliphatic rings. The molecule has 1 aromatic heterocycles. The van der Waals surface area contributed by atoms with E-state index >= 15 is 0 Å². The number of benzene rings is 1. The van der Waals surface area contributed by atoms with E-state index in [1.807, 2.05) is 0 Å². The second kappa shape index (κ2) is 3.92. The molecule has 1 atom stereocenters. The molecular weight excluding hydrogens is 252 g/mol. The van der Waals surface area contributed by atoms with Crippen LogP contribution in [0.5, 0.6) is 11.5 Å². The predicted octanol–water partition coefficient (Wildman–Crippen LogP) is 2.71. The maximum atomic E-state index is 5.53. The van der Waals surface area contributed by atoms with Gasteiger partial charge < -0.3 is 19.4 Å². The first-order chi connectivity index (χ1) is 9.88. The Morgan fingerprint density at radius 3 is 2.65 bits per heavy atom. The highest BCUT2D eigenvalue weighted by molar-refractivity contribution is 5.87. The molecule has 3 saturated heterocycles. The van der Waals surface area contributed by atoms with Crippen LogP contribution in [0.3, 0.4) is 0 Å². The van der Waals surface area contributed by atoms with Crippen LogP contribution in [0.25, 0.3) is 10.9 Å². The summed E-state index contributed by atoms with van der Waals surface area (Å²) in [6.45, 7) is 4.13. The molecular formula is C16H18N2O2. The van der Waals surface area contributed by atoms with Gasteiger partial charge in [-0.2, -0.15) is 0 Å². The zero-order chi connectivity index (χ0) is 13.1. The van der Waals surface area contributed by atoms with E-state index in [1.54, 1.807) is 0 Å². The van der Waals surface area contributed by atoms with Gasteiger partial charge in [0.15, 0.2) is 11.5 Å². The minimum atomic E-state index is 0.344. The maximum absolute atomic E-state index is 5.53. The number of aromatic nitrogens is 1. The molecule has 4 heteroatoms. The van der Waals surface area contributed by atoms with Crippen LogP contribution in [0.2, 0.25) is 0 Å². The molecule has 4 nitrogen and oxygen atoms in total. The Hall–Kier alpha value is -1.68. The van der Waals surface area contributed by atoms with Crippen molar-refractivity contribution >= 4 is 10.9 Å². The van der Waals surface area contributed by atoms with Gasteiger partial charge in [0.2, 0.25) is 6.79 Å². The lowest BCUT2D eigenvalue weighted by atomic mass is 9.75. The largest absolute Gasteiger partial charge is 0.454 e. The van der Waals surface area contributed by atoms with Crippen molar-refractivity contribution in [1.82, 2.24) is 9.88 Å². The Bertz CT molecular complexity index is 670. The number of fused-ring (bicyclic) bond motifs is 5. The zero-order valence-corrected chi connectivity index (χ0v) is 11.4. The van der Waals surface area contributed by atoms with Gasteiger partial charge in [-0.05, 0) is 43.5 Å². The molecule has 2 bridgehead atoms. The van der Waals surface area contributed by atoms with Crippen molar-refractivity contribution in [3.63, 3.8) is 0 Å². The van der Waals surface area contributed by atoms with Crippen molar-refractivity contribution in [2.45, 2.75) is 18.8 Å². The summed E-state index contributed by atoms with van der Waals surface area (Å²) in [7, 11) is 0. The van der Waals surface area contributed by atoms with Crippen LogP contribution in [0.4, 0.5) is 0 Å². The molecule has 1 aromatic carbocycles. The first-order valence-electron chi connectivity index (χ1n) is 7.51. The van der Waals surface area contributed by atoms with E-state index in [1.165, 1.54) is 48.9 Å². The Balaban J connectivity index is 1.62. The molecule has 0 spiro atoms. The first kappa shape index (κ1) is 11.0. The Labute approximate surface area is 117 Å². The standard InChI is InChI=1S/C16H18N2O2/c1-3-18-4-2-10(1)13(8-18)12-7-17-14-6-16-15(5-11(12)14)19-9-20-16/h5-7,10,13,17H,1-4,8-9H2. The summed E-state index contributed by atoms with van der Waals surface area (Å²) in [5.74, 6) is 3.27. The van der Waals surface area contributed by atoms with Crippen molar-refractivity contribution in [3.05, 3.63) is 23.9 Å². The number of hydrogen-bond acceptors (Lipinski definition) is 3. The van der Waals surface area contributed by atoms with Gasteiger partial charge in [-0.25, -0.2) is 0 Å². The highest BCUT2D eigenvalue weighted by Gasteiger charge is 2.36. The molecule has 3 fully saturated rings. The molecule has 0 amide bonds. The highest BCUT2D eigenvalue weighted by atomic mass is 16.7. The second-order valence-corrected chi connectivity index (χ2v) is 6.24. The number of nitrogens with zero attached hydrogens (tertiary/aromatic N) is 1. The van der Waals surface area contributed by atoms with Gasteiger partial charge in [-0.15, -0.1) is 0 Å². The van der Waals surface area contributed by atoms with Gasteiger partial charge >= 0.3 is 0 Å². The van der Waals surface area contributed by atoms with Gasteiger partial charge in [0.25, 0.3) is 0 Å². The summed E-state index contributed by atoms with van der Waals surface area (Å²) >= 11 is 0. The SMILES string of the molecule is c1[nH]c2cc3c(cc2c1C1CN2CCC1CC2)OCO3. The average molecular weight is 270 g/mol. The molecule has 0 aliphatic carbocycles. The van der Waals surface area contributed by atoms with E-state index in [0.717, 1.165) is 17.4 Å². The van der Waals surface area contributed by atoms with Crippen LogP contribution in [-0.4, -0.2) is 36.3 Å². The van der Waals surface area contributed by atoms with Crippen molar-refractivity contribution in [3.8, 4) is 11.5 Å². The van der Waals surface area contributed by atoms with Crippen LogP contribution >= 0.6 is 0 Å². The fourth-order valence-electron chi connectivity index (χ4n) is 4.16. The number of ether oxygens (including phenoxy) is 2. The van der Waals surface area contributed by atoms with Gasteiger partial charge in [-0.1, -0.05) is 0 Å². The van der Waals surface area contributed by atoms with Crippen LogP contribution < -0.4 is 9.47 Å². The molecule has 2 aromatic rings. The summed E-state index contributed by atoms with van der Waals surface area (Å²) in [4.78, 5) is 6.03. The number of H-pyrrole nitrogens is 1. The number of nitrogens with one attached hydrogen (secondary N) is 1. The Morgan fingerprint density at radius 2 is 1.90 bits per heavy atom. The average Bonchev–Trinajstić information content (AvgIpc) is 3.11. The number of hydrogen-bond donors (Lipinski definition) is 1. The minimum absolute atomic E-state index is 0.344. The molecule has 1 N–H and O–H groups in total. The third-order valence-corrected chi connectivity index (χ3v) is 5.26. The lowest BCUT2D eigenvalue weighted by molar-refractivity contribution is 0.0876. The van der Waals surface area contributed by atoms with E-state index < -0.39 is 0 Å². The smallest absolute Gasteiger partial charge is 0.231 e. The molecule has 4 aliphatic heterocycles. The number of piperidine rings is 3. The van der Waals surface area contributed by atoms with Crippen molar-refractivity contribution in [2.75, 3.05) is 26.4 Å².